The van der Waals surface area contributed by atoms with Crippen molar-refractivity contribution in [1.29, 1.82) is 0 Å². The van der Waals surface area contributed by atoms with Crippen LogP contribution in [0.1, 0.15) is 30.6 Å². The molecule has 1 aromatic carbocycles. The molecule has 28 heavy (non-hydrogen) atoms. The van der Waals surface area contributed by atoms with Crippen LogP contribution in [0, 0.1) is 5.92 Å². The molecular weight excluding hydrogens is 362 g/mol. The van der Waals surface area contributed by atoms with E-state index in [1.165, 1.54) is 12.4 Å². The molecule has 3 rings (SSSR count). The molecule has 2 aromatic heterocycles. The molecule has 2 heterocycles. The second-order valence-corrected chi connectivity index (χ2v) is 6.58. The zero-order chi connectivity index (χ0) is 20.1. The molecule has 0 bridgehead atoms. The number of carbonyl (C=O) groups is 2. The lowest BCUT2D eigenvalue weighted by atomic mass is 10.1. The molecule has 3 aromatic rings. The van der Waals surface area contributed by atoms with E-state index in [4.69, 9.17) is 0 Å². The Morgan fingerprint density at radius 3 is 2.46 bits per heavy atom. The number of carbonyl (C=O) groups excluding carboxylic acids is 2. The summed E-state index contributed by atoms with van der Waals surface area (Å²) < 4.78 is 5.74. The number of anilines is 1. The summed E-state index contributed by atoms with van der Waals surface area (Å²) in [7, 11) is 0. The number of nitrogens with zero attached hydrogens (tertiary/aromatic N) is 4. The van der Waals surface area contributed by atoms with Gasteiger partial charge in [-0.15, -0.1) is 0 Å². The minimum Gasteiger partial charge on any atom is -0.326 e. The molecule has 0 saturated carbocycles. The number of Topliss-reactive ketones (excluding diaryl/α,β-unsaturated/α-hetero) is 1. The topological polar surface area (TPSA) is 120 Å². The van der Waals surface area contributed by atoms with Gasteiger partial charge in [-0.05, 0) is 36.2 Å². The maximum atomic E-state index is 12.6. The van der Waals surface area contributed by atoms with Crippen molar-refractivity contribution in [2.75, 3.05) is 5.32 Å². The van der Waals surface area contributed by atoms with Gasteiger partial charge in [0.25, 0.3) is 0 Å². The monoisotopic (exact) mass is 381 g/mol. The molecule has 0 atom stereocenters. The smallest absolute Gasteiger partial charge is 0.326 e. The van der Waals surface area contributed by atoms with Gasteiger partial charge in [0.1, 0.15) is 0 Å². The Morgan fingerprint density at radius 2 is 1.82 bits per heavy atom. The van der Waals surface area contributed by atoms with Crippen LogP contribution in [0.15, 0.2) is 52.0 Å². The van der Waals surface area contributed by atoms with E-state index in [0.29, 0.717) is 17.7 Å². The van der Waals surface area contributed by atoms with E-state index in [2.05, 4.69) is 25.0 Å². The van der Waals surface area contributed by atoms with Gasteiger partial charge in [-0.1, -0.05) is 19.0 Å². The van der Waals surface area contributed by atoms with Crippen molar-refractivity contribution in [3.05, 3.63) is 58.8 Å². The van der Waals surface area contributed by atoms with Gasteiger partial charge in [0.15, 0.2) is 11.6 Å². The maximum Gasteiger partial charge on any atom is 0.442 e. The highest BCUT2D eigenvalue weighted by molar-refractivity contribution is 5.97. The molecule has 9 heteroatoms. The molecule has 144 valence electrons. The van der Waals surface area contributed by atoms with E-state index in [0.717, 1.165) is 4.57 Å². The number of rotatable bonds is 7. The molecule has 0 spiro atoms. The highest BCUT2D eigenvalue weighted by Gasteiger charge is 2.18. The van der Waals surface area contributed by atoms with Gasteiger partial charge in [-0.2, -0.15) is 0 Å². The lowest BCUT2D eigenvalue weighted by Gasteiger charge is -2.08. The predicted octanol–water partition coefficient (Wildman–Crippen LogP) is 2.16. The molecule has 1 amide bonds. The molecule has 0 aliphatic heterocycles. The van der Waals surface area contributed by atoms with Gasteiger partial charge in [-0.3, -0.25) is 14.1 Å². The Morgan fingerprint density at radius 1 is 1.14 bits per heavy atom. The third-order valence-electron chi connectivity index (χ3n) is 3.84. The van der Waals surface area contributed by atoms with E-state index in [9.17, 15) is 14.4 Å². The Hall–Kier alpha value is -3.62. The van der Waals surface area contributed by atoms with Crippen LogP contribution in [0.5, 0.6) is 0 Å². The summed E-state index contributed by atoms with van der Waals surface area (Å²) in [5.74, 6) is -0.653. The van der Waals surface area contributed by atoms with Gasteiger partial charge >= 0.3 is 5.76 Å². The first-order valence-electron chi connectivity index (χ1n) is 8.71. The fraction of sp³-hybridized carbons (Fsp3) is 0.263. The van der Waals surface area contributed by atoms with Crippen LogP contribution in [0.2, 0.25) is 0 Å². The first kappa shape index (κ1) is 19.2. The van der Waals surface area contributed by atoms with Crippen LogP contribution < -0.4 is 11.1 Å². The lowest BCUT2D eigenvalue weighted by Crippen LogP contribution is -2.21. The average Bonchev–Trinajstić information content (AvgIpc) is 3.03. The fourth-order valence-electron chi connectivity index (χ4n) is 2.54. The standard InChI is InChI=1S/C19H19N5O4/c1-12(2)10-16(26)22-14-6-4-13(5-7-14)15(25)11-24-18(23-28-19(24)27)17-20-8-3-9-21-17/h3-9,12H,10-11H2,1-2H3,(H,22,26). The summed E-state index contributed by atoms with van der Waals surface area (Å²) in [4.78, 5) is 44.3. The highest BCUT2D eigenvalue weighted by atomic mass is 16.5. The van der Waals surface area contributed by atoms with Crippen LogP contribution >= 0.6 is 0 Å². The normalized spacial score (nSPS) is 10.8. The lowest BCUT2D eigenvalue weighted by molar-refractivity contribution is -0.116. The van der Waals surface area contributed by atoms with E-state index >= 15 is 0 Å². The first-order valence-corrected chi connectivity index (χ1v) is 8.71. The minimum absolute atomic E-state index is 0.0801. The van der Waals surface area contributed by atoms with E-state index < -0.39 is 5.76 Å². The average molecular weight is 381 g/mol. The number of amides is 1. The van der Waals surface area contributed by atoms with Crippen molar-refractivity contribution in [3.8, 4) is 11.6 Å². The van der Waals surface area contributed by atoms with Crippen molar-refractivity contribution < 1.29 is 14.1 Å². The van der Waals surface area contributed by atoms with Gasteiger partial charge in [0, 0.05) is 30.1 Å². The number of ketones is 1. The molecule has 0 saturated heterocycles. The molecule has 0 unspecified atom stereocenters. The number of nitrogens with one attached hydrogen (secondary N) is 1. The molecule has 0 aliphatic rings. The third kappa shape index (κ3) is 4.56. The van der Waals surface area contributed by atoms with Crippen molar-refractivity contribution in [2.24, 2.45) is 5.92 Å². The minimum atomic E-state index is -0.770. The quantitative estimate of drug-likeness (QED) is 0.623. The zero-order valence-electron chi connectivity index (χ0n) is 15.5. The number of benzene rings is 1. The zero-order valence-corrected chi connectivity index (χ0v) is 15.5. The van der Waals surface area contributed by atoms with Gasteiger partial charge in [0.2, 0.25) is 11.7 Å². The van der Waals surface area contributed by atoms with Crippen LogP contribution in [0.4, 0.5) is 5.69 Å². The van der Waals surface area contributed by atoms with Crippen molar-refractivity contribution in [3.63, 3.8) is 0 Å². The van der Waals surface area contributed by atoms with Gasteiger partial charge in [-0.25, -0.2) is 19.3 Å². The Labute approximate surface area is 160 Å². The Balaban J connectivity index is 1.73. The summed E-state index contributed by atoms with van der Waals surface area (Å²) >= 11 is 0. The summed E-state index contributed by atoms with van der Waals surface area (Å²) in [6, 6.07) is 8.08. The van der Waals surface area contributed by atoms with E-state index in [-0.39, 0.29) is 35.8 Å². The molecule has 0 fully saturated rings. The fourth-order valence-corrected chi connectivity index (χ4v) is 2.54. The van der Waals surface area contributed by atoms with Crippen molar-refractivity contribution >= 4 is 17.4 Å². The summed E-state index contributed by atoms with van der Waals surface area (Å²) in [6.45, 7) is 3.65. The third-order valence-corrected chi connectivity index (χ3v) is 3.84. The van der Waals surface area contributed by atoms with Crippen LogP contribution in [-0.4, -0.2) is 31.4 Å². The van der Waals surface area contributed by atoms with Crippen molar-refractivity contribution in [2.45, 2.75) is 26.8 Å². The van der Waals surface area contributed by atoms with Gasteiger partial charge in [0.05, 0.1) is 6.54 Å². The Bertz CT molecular complexity index is 1020. The molecule has 1 N–H and O–H groups in total. The number of hydrogen-bond donors (Lipinski definition) is 1. The maximum absolute atomic E-state index is 12.6. The van der Waals surface area contributed by atoms with E-state index in [1.54, 1.807) is 30.3 Å². The summed E-state index contributed by atoms with van der Waals surface area (Å²) in [5.41, 5.74) is 0.984. The predicted molar refractivity (Wildman–Crippen MR) is 101 cm³/mol. The first-order chi connectivity index (χ1) is 13.4. The second kappa shape index (κ2) is 8.38. The molecular formula is C19H19N5O4. The highest BCUT2D eigenvalue weighted by Crippen LogP contribution is 2.14. The SMILES string of the molecule is CC(C)CC(=O)Nc1ccc(C(=O)Cn2c(-c3ncccn3)noc2=O)cc1. The van der Waals surface area contributed by atoms with E-state index in [1.807, 2.05) is 13.8 Å². The largest absolute Gasteiger partial charge is 0.442 e. The van der Waals surface area contributed by atoms with Crippen LogP contribution in [0.25, 0.3) is 11.6 Å². The van der Waals surface area contributed by atoms with Crippen LogP contribution in [0.3, 0.4) is 0 Å². The Kier molecular flexibility index (Phi) is 5.73. The van der Waals surface area contributed by atoms with Crippen molar-refractivity contribution in [1.82, 2.24) is 19.7 Å². The molecule has 0 radical (unpaired) electrons. The number of aromatic nitrogens is 4. The van der Waals surface area contributed by atoms with Gasteiger partial charge < -0.3 is 5.32 Å². The second-order valence-electron chi connectivity index (χ2n) is 6.58. The summed E-state index contributed by atoms with van der Waals surface area (Å²) in [5, 5.41) is 6.43. The molecule has 0 aliphatic carbocycles. The van der Waals surface area contributed by atoms with Crippen LogP contribution in [-0.2, 0) is 11.3 Å². The summed E-state index contributed by atoms with van der Waals surface area (Å²) in [6.07, 6.45) is 3.42. The molecule has 9 nitrogen and oxygen atoms in total. The number of hydrogen-bond acceptors (Lipinski definition) is 7.